The van der Waals surface area contributed by atoms with E-state index in [2.05, 4.69) is 15.9 Å². The molecule has 0 saturated carbocycles. The summed E-state index contributed by atoms with van der Waals surface area (Å²) in [5, 5.41) is 0. The number of aromatic nitrogens is 1. The topological polar surface area (TPSA) is 31.2 Å². The van der Waals surface area contributed by atoms with E-state index >= 15 is 0 Å². The Bertz CT molecular complexity index is 619. The molecule has 2 rings (SSSR count). The highest BCUT2D eigenvalue weighted by molar-refractivity contribution is 9.10. The van der Waals surface area contributed by atoms with Gasteiger partial charge in [-0.25, -0.2) is 0 Å². The zero-order valence-corrected chi connectivity index (χ0v) is 11.9. The molecule has 94 valence electrons. The Morgan fingerprint density at radius 1 is 1.33 bits per heavy atom. The van der Waals surface area contributed by atoms with Gasteiger partial charge < -0.3 is 9.30 Å². The molecule has 0 unspecified atom stereocenters. The van der Waals surface area contributed by atoms with E-state index in [0.717, 1.165) is 21.3 Å². The van der Waals surface area contributed by atoms with Crippen LogP contribution >= 0.6 is 15.9 Å². The van der Waals surface area contributed by atoms with Gasteiger partial charge in [-0.15, -0.1) is 0 Å². The van der Waals surface area contributed by atoms with Crippen molar-refractivity contribution in [2.24, 2.45) is 0 Å². The van der Waals surface area contributed by atoms with Gasteiger partial charge in [-0.1, -0.05) is 12.1 Å². The molecule has 0 aliphatic rings. The third kappa shape index (κ3) is 2.82. The number of hydrogen-bond acceptors (Lipinski definition) is 2. The van der Waals surface area contributed by atoms with E-state index in [1.54, 1.807) is 17.9 Å². The molecule has 0 radical (unpaired) electrons. The molecular formula is C14H14BrNO2. The zero-order valence-electron chi connectivity index (χ0n) is 10.3. The zero-order chi connectivity index (χ0) is 13.1. The number of ether oxygens (including phenoxy) is 1. The average molecular weight is 308 g/mol. The van der Waals surface area contributed by atoms with Gasteiger partial charge in [0.05, 0.1) is 13.7 Å². The van der Waals surface area contributed by atoms with E-state index in [0.29, 0.717) is 6.54 Å². The molecule has 0 spiro atoms. The molecule has 18 heavy (non-hydrogen) atoms. The lowest BCUT2D eigenvalue weighted by Crippen LogP contribution is -2.22. The van der Waals surface area contributed by atoms with Gasteiger partial charge in [0.2, 0.25) is 0 Å². The highest BCUT2D eigenvalue weighted by atomic mass is 79.9. The first-order valence-electron chi connectivity index (χ1n) is 5.59. The van der Waals surface area contributed by atoms with Crippen molar-refractivity contribution < 1.29 is 4.74 Å². The highest BCUT2D eigenvalue weighted by Gasteiger charge is 2.03. The summed E-state index contributed by atoms with van der Waals surface area (Å²) in [6, 6.07) is 9.54. The van der Waals surface area contributed by atoms with E-state index in [9.17, 15) is 4.79 Å². The number of halogens is 1. The predicted octanol–water partition coefficient (Wildman–Crippen LogP) is 2.98. The van der Waals surface area contributed by atoms with Gasteiger partial charge in [-0.2, -0.15) is 0 Å². The number of benzene rings is 1. The van der Waals surface area contributed by atoms with E-state index in [4.69, 9.17) is 4.74 Å². The maximum Gasteiger partial charge on any atom is 0.253 e. The van der Waals surface area contributed by atoms with Crippen molar-refractivity contribution in [2.75, 3.05) is 7.11 Å². The fraction of sp³-hybridized carbons (Fsp3) is 0.214. The summed E-state index contributed by atoms with van der Waals surface area (Å²) in [6.07, 6.45) is 1.80. The quantitative estimate of drug-likeness (QED) is 0.873. The first kappa shape index (κ1) is 12.9. The van der Waals surface area contributed by atoms with Crippen molar-refractivity contribution >= 4 is 15.9 Å². The minimum Gasteiger partial charge on any atom is -0.497 e. The van der Waals surface area contributed by atoms with Gasteiger partial charge in [-0.05, 0) is 46.6 Å². The van der Waals surface area contributed by atoms with E-state index < -0.39 is 0 Å². The van der Waals surface area contributed by atoms with Crippen LogP contribution in [0.3, 0.4) is 0 Å². The summed E-state index contributed by atoms with van der Waals surface area (Å²) in [5.41, 5.74) is 1.79. The van der Waals surface area contributed by atoms with Crippen LogP contribution < -0.4 is 10.3 Å². The molecule has 1 aromatic heterocycles. The lowest BCUT2D eigenvalue weighted by Gasteiger charge is -2.09. The number of hydrogen-bond donors (Lipinski definition) is 0. The van der Waals surface area contributed by atoms with Crippen molar-refractivity contribution in [3.63, 3.8) is 0 Å². The van der Waals surface area contributed by atoms with Crippen LogP contribution in [0.4, 0.5) is 0 Å². The Labute approximate surface area is 114 Å². The molecule has 1 aromatic carbocycles. The van der Waals surface area contributed by atoms with Gasteiger partial charge in [0.25, 0.3) is 5.56 Å². The molecule has 0 aliphatic heterocycles. The second-order valence-electron chi connectivity index (χ2n) is 4.13. The van der Waals surface area contributed by atoms with Crippen LogP contribution in [0.1, 0.15) is 11.1 Å². The normalized spacial score (nSPS) is 10.4. The van der Waals surface area contributed by atoms with Gasteiger partial charge in [0.15, 0.2) is 0 Å². The number of aryl methyl sites for hydroxylation is 1. The summed E-state index contributed by atoms with van der Waals surface area (Å²) >= 11 is 3.40. The van der Waals surface area contributed by atoms with E-state index in [-0.39, 0.29) is 5.56 Å². The van der Waals surface area contributed by atoms with E-state index in [1.165, 1.54) is 0 Å². The smallest absolute Gasteiger partial charge is 0.253 e. The molecule has 0 bridgehead atoms. The Morgan fingerprint density at radius 2 is 2.11 bits per heavy atom. The minimum atomic E-state index is 0.0287. The summed E-state index contributed by atoms with van der Waals surface area (Å²) in [6.45, 7) is 2.35. The number of pyridine rings is 1. The molecule has 4 heteroatoms. The molecule has 0 amide bonds. The van der Waals surface area contributed by atoms with Crippen molar-refractivity contribution in [3.05, 3.63) is 62.5 Å². The van der Waals surface area contributed by atoms with Crippen LogP contribution in [0, 0.1) is 6.92 Å². The van der Waals surface area contributed by atoms with Crippen LogP contribution in [0.25, 0.3) is 0 Å². The van der Waals surface area contributed by atoms with Crippen molar-refractivity contribution in [3.8, 4) is 5.75 Å². The molecule has 2 aromatic rings. The Balaban J connectivity index is 2.36. The fourth-order valence-electron chi connectivity index (χ4n) is 1.82. The number of nitrogens with zero attached hydrogens (tertiary/aromatic N) is 1. The molecule has 0 N–H and O–H groups in total. The lowest BCUT2D eigenvalue weighted by molar-refractivity contribution is 0.414. The fourth-order valence-corrected chi connectivity index (χ4v) is 2.42. The third-order valence-electron chi connectivity index (χ3n) is 2.72. The van der Waals surface area contributed by atoms with Crippen molar-refractivity contribution in [2.45, 2.75) is 13.5 Å². The van der Waals surface area contributed by atoms with Gasteiger partial charge in [0, 0.05) is 16.2 Å². The maximum atomic E-state index is 12.0. The summed E-state index contributed by atoms with van der Waals surface area (Å²) in [4.78, 5) is 12.0. The maximum absolute atomic E-state index is 12.0. The molecule has 0 atom stereocenters. The molecule has 0 saturated heterocycles. The Hall–Kier alpha value is -1.55. The van der Waals surface area contributed by atoms with Gasteiger partial charge in [0.1, 0.15) is 5.75 Å². The summed E-state index contributed by atoms with van der Waals surface area (Å²) in [7, 11) is 1.63. The monoisotopic (exact) mass is 307 g/mol. The summed E-state index contributed by atoms with van der Waals surface area (Å²) in [5.74, 6) is 0.798. The van der Waals surface area contributed by atoms with E-state index in [1.807, 2.05) is 37.3 Å². The summed E-state index contributed by atoms with van der Waals surface area (Å²) < 4.78 is 7.77. The number of methoxy groups -OCH3 is 1. The van der Waals surface area contributed by atoms with Crippen LogP contribution in [0.5, 0.6) is 5.75 Å². The van der Waals surface area contributed by atoms with Crippen molar-refractivity contribution in [1.82, 2.24) is 4.57 Å². The second kappa shape index (κ2) is 5.40. The molecule has 1 heterocycles. The first-order chi connectivity index (χ1) is 8.60. The number of rotatable bonds is 3. The second-order valence-corrected chi connectivity index (χ2v) is 5.04. The molecular weight excluding hydrogens is 294 g/mol. The lowest BCUT2D eigenvalue weighted by atomic mass is 10.2. The third-order valence-corrected chi connectivity index (χ3v) is 3.15. The van der Waals surface area contributed by atoms with Gasteiger partial charge in [-0.3, -0.25) is 4.79 Å². The van der Waals surface area contributed by atoms with Crippen LogP contribution in [0.15, 0.2) is 45.8 Å². The first-order valence-corrected chi connectivity index (χ1v) is 6.39. The Morgan fingerprint density at radius 3 is 2.83 bits per heavy atom. The molecule has 0 fully saturated rings. The average Bonchev–Trinajstić information content (AvgIpc) is 2.35. The van der Waals surface area contributed by atoms with Gasteiger partial charge >= 0.3 is 0 Å². The van der Waals surface area contributed by atoms with Crippen molar-refractivity contribution in [1.29, 1.82) is 0 Å². The predicted molar refractivity (Wildman–Crippen MR) is 75.2 cm³/mol. The molecule has 0 aliphatic carbocycles. The van der Waals surface area contributed by atoms with Crippen LogP contribution in [0.2, 0.25) is 0 Å². The highest BCUT2D eigenvalue weighted by Crippen LogP contribution is 2.14. The van der Waals surface area contributed by atoms with Crippen LogP contribution in [-0.2, 0) is 6.54 Å². The SMILES string of the molecule is COc1cccc(Cn2cc(Br)cc(C)c2=O)c1. The molecule has 3 nitrogen and oxygen atoms in total. The standard InChI is InChI=1S/C14H14BrNO2/c1-10-6-12(15)9-16(14(10)17)8-11-4-3-5-13(7-11)18-2/h3-7,9H,8H2,1-2H3. The largest absolute Gasteiger partial charge is 0.497 e. The minimum absolute atomic E-state index is 0.0287. The van der Waals surface area contributed by atoms with Crippen LogP contribution in [-0.4, -0.2) is 11.7 Å². The Kier molecular flexibility index (Phi) is 3.87.